The molecule has 1 aromatic carbocycles. The number of piperidine rings is 1. The van der Waals surface area contributed by atoms with Gasteiger partial charge in [-0.25, -0.2) is 4.79 Å². The summed E-state index contributed by atoms with van der Waals surface area (Å²) in [6.07, 6.45) is 4.48. The van der Waals surface area contributed by atoms with E-state index in [4.69, 9.17) is 5.73 Å². The van der Waals surface area contributed by atoms with Crippen molar-refractivity contribution in [2.45, 2.75) is 51.6 Å². The quantitative estimate of drug-likeness (QED) is 0.887. The number of nitrogens with two attached hydrogens (primary N) is 1. The van der Waals surface area contributed by atoms with E-state index in [1.165, 1.54) is 6.42 Å². The van der Waals surface area contributed by atoms with Gasteiger partial charge in [-0.1, -0.05) is 19.1 Å². The van der Waals surface area contributed by atoms with Crippen molar-refractivity contribution in [3.8, 4) is 0 Å². The van der Waals surface area contributed by atoms with E-state index in [1.807, 2.05) is 36.1 Å². The first-order chi connectivity index (χ1) is 9.61. The molecule has 1 saturated heterocycles. The molecule has 110 valence electrons. The lowest BCUT2D eigenvalue weighted by Crippen LogP contribution is -2.45. The summed E-state index contributed by atoms with van der Waals surface area (Å²) in [4.78, 5) is 14.3. The summed E-state index contributed by atoms with van der Waals surface area (Å²) in [6.45, 7) is 4.96. The highest BCUT2D eigenvalue weighted by atomic mass is 16.2. The average Bonchev–Trinajstić information content (AvgIpc) is 2.47. The maximum atomic E-state index is 12.3. The Morgan fingerprint density at radius 3 is 2.70 bits per heavy atom. The zero-order chi connectivity index (χ0) is 14.5. The first-order valence-electron chi connectivity index (χ1n) is 7.55. The molecule has 4 heteroatoms. The predicted octanol–water partition coefficient (Wildman–Crippen LogP) is 3.50. The van der Waals surface area contributed by atoms with Crippen molar-refractivity contribution in [1.82, 2.24) is 4.90 Å². The van der Waals surface area contributed by atoms with Crippen molar-refractivity contribution in [3.05, 3.63) is 29.8 Å². The lowest BCUT2D eigenvalue weighted by atomic mass is 10.0. The molecule has 0 radical (unpaired) electrons. The summed E-state index contributed by atoms with van der Waals surface area (Å²) in [6, 6.07) is 8.19. The fourth-order valence-electron chi connectivity index (χ4n) is 2.76. The Kier molecular flexibility index (Phi) is 5.01. The van der Waals surface area contributed by atoms with Gasteiger partial charge in [0.05, 0.1) is 0 Å². The van der Waals surface area contributed by atoms with Crippen LogP contribution in [0.5, 0.6) is 0 Å². The van der Waals surface area contributed by atoms with Crippen molar-refractivity contribution < 1.29 is 4.79 Å². The van der Waals surface area contributed by atoms with E-state index in [0.29, 0.717) is 6.04 Å². The molecular formula is C16H25N3O. The minimum atomic E-state index is 0.0186. The highest BCUT2D eigenvalue weighted by Gasteiger charge is 2.25. The molecule has 2 unspecified atom stereocenters. The van der Waals surface area contributed by atoms with E-state index in [-0.39, 0.29) is 12.1 Å². The topological polar surface area (TPSA) is 58.4 Å². The summed E-state index contributed by atoms with van der Waals surface area (Å²) >= 11 is 0. The van der Waals surface area contributed by atoms with E-state index in [2.05, 4.69) is 12.2 Å². The van der Waals surface area contributed by atoms with Gasteiger partial charge >= 0.3 is 6.03 Å². The van der Waals surface area contributed by atoms with E-state index in [1.54, 1.807) is 0 Å². The van der Waals surface area contributed by atoms with Crippen molar-refractivity contribution in [3.63, 3.8) is 0 Å². The number of carbonyl (C=O) groups excluding carboxylic acids is 1. The maximum Gasteiger partial charge on any atom is 0.322 e. The van der Waals surface area contributed by atoms with Crippen LogP contribution in [0.15, 0.2) is 24.3 Å². The molecular weight excluding hydrogens is 250 g/mol. The molecule has 1 aliphatic rings. The fraction of sp³-hybridized carbons (Fsp3) is 0.562. The number of hydrogen-bond donors (Lipinski definition) is 2. The maximum absolute atomic E-state index is 12.3. The van der Waals surface area contributed by atoms with Crippen LogP contribution in [0.1, 0.15) is 51.1 Å². The van der Waals surface area contributed by atoms with Crippen molar-refractivity contribution in [2.75, 3.05) is 11.9 Å². The second kappa shape index (κ2) is 6.75. The number of amides is 2. The van der Waals surface area contributed by atoms with Crippen LogP contribution < -0.4 is 11.1 Å². The van der Waals surface area contributed by atoms with Crippen molar-refractivity contribution in [2.24, 2.45) is 5.73 Å². The summed E-state index contributed by atoms with van der Waals surface area (Å²) in [7, 11) is 0. The van der Waals surface area contributed by atoms with Crippen molar-refractivity contribution in [1.29, 1.82) is 0 Å². The van der Waals surface area contributed by atoms with Gasteiger partial charge in [0, 0.05) is 24.3 Å². The van der Waals surface area contributed by atoms with Gasteiger partial charge < -0.3 is 16.0 Å². The van der Waals surface area contributed by atoms with Gasteiger partial charge in [0.25, 0.3) is 0 Å². The number of rotatable bonds is 3. The number of likely N-dealkylation sites (tertiary alicyclic amines) is 1. The van der Waals surface area contributed by atoms with Crippen LogP contribution in [-0.2, 0) is 0 Å². The Labute approximate surface area is 121 Å². The summed E-state index contributed by atoms with van der Waals surface area (Å²) in [5.41, 5.74) is 7.73. The summed E-state index contributed by atoms with van der Waals surface area (Å²) in [5.74, 6) is 0. The molecule has 20 heavy (non-hydrogen) atoms. The van der Waals surface area contributed by atoms with Crippen LogP contribution in [0.3, 0.4) is 0 Å². The predicted molar refractivity (Wildman–Crippen MR) is 82.7 cm³/mol. The molecule has 0 bridgehead atoms. The third kappa shape index (κ3) is 3.51. The third-order valence-electron chi connectivity index (χ3n) is 4.05. The van der Waals surface area contributed by atoms with Gasteiger partial charge in [-0.15, -0.1) is 0 Å². The Morgan fingerprint density at radius 1 is 1.40 bits per heavy atom. The molecule has 2 atom stereocenters. The monoisotopic (exact) mass is 275 g/mol. The largest absolute Gasteiger partial charge is 0.324 e. The van der Waals surface area contributed by atoms with Gasteiger partial charge in [0.1, 0.15) is 0 Å². The first kappa shape index (κ1) is 14.9. The number of hydrogen-bond acceptors (Lipinski definition) is 2. The van der Waals surface area contributed by atoms with E-state index < -0.39 is 0 Å². The van der Waals surface area contributed by atoms with Gasteiger partial charge in [-0.05, 0) is 50.3 Å². The normalized spacial score (nSPS) is 20.6. The molecule has 0 aromatic heterocycles. The van der Waals surface area contributed by atoms with Crippen LogP contribution >= 0.6 is 0 Å². The van der Waals surface area contributed by atoms with Gasteiger partial charge in [-0.2, -0.15) is 0 Å². The second-order valence-corrected chi connectivity index (χ2v) is 5.59. The van der Waals surface area contributed by atoms with Crippen molar-refractivity contribution >= 4 is 11.7 Å². The molecule has 3 N–H and O–H groups in total. The number of benzene rings is 1. The molecule has 2 amide bonds. The summed E-state index contributed by atoms with van der Waals surface area (Å²) in [5, 5.41) is 2.99. The molecule has 1 fully saturated rings. The number of urea groups is 1. The van der Waals surface area contributed by atoms with Gasteiger partial charge in [-0.3, -0.25) is 0 Å². The third-order valence-corrected chi connectivity index (χ3v) is 4.05. The molecule has 1 heterocycles. The molecule has 1 aromatic rings. The smallest absolute Gasteiger partial charge is 0.322 e. The Morgan fingerprint density at radius 2 is 2.10 bits per heavy atom. The Hall–Kier alpha value is -1.55. The highest BCUT2D eigenvalue weighted by molar-refractivity contribution is 5.89. The highest BCUT2D eigenvalue weighted by Crippen LogP contribution is 2.21. The Bertz CT molecular complexity index is 442. The Balaban J connectivity index is 1.99. The fourth-order valence-corrected chi connectivity index (χ4v) is 2.76. The minimum absolute atomic E-state index is 0.0186. The molecule has 2 rings (SSSR count). The molecule has 0 aliphatic carbocycles. The molecule has 1 aliphatic heterocycles. The molecule has 0 saturated carbocycles. The number of nitrogens with one attached hydrogen (secondary N) is 1. The minimum Gasteiger partial charge on any atom is -0.324 e. The first-order valence-corrected chi connectivity index (χ1v) is 7.55. The molecule has 0 spiro atoms. The second-order valence-electron chi connectivity index (χ2n) is 5.59. The van der Waals surface area contributed by atoms with Gasteiger partial charge in [0.15, 0.2) is 0 Å². The zero-order valence-corrected chi connectivity index (χ0v) is 12.4. The van der Waals surface area contributed by atoms with Crippen LogP contribution in [-0.4, -0.2) is 23.5 Å². The van der Waals surface area contributed by atoms with Crippen LogP contribution in [0.2, 0.25) is 0 Å². The standard InChI is InChI=1S/C16H25N3O/c1-3-15-6-4-5-11-19(15)16(20)18-14-9-7-13(8-10-14)12(2)17/h7-10,12,15H,3-6,11,17H2,1-2H3,(H,18,20). The number of nitrogens with zero attached hydrogens (tertiary/aromatic N) is 1. The van der Waals surface area contributed by atoms with Crippen LogP contribution in [0, 0.1) is 0 Å². The number of carbonyl (C=O) groups is 1. The lowest BCUT2D eigenvalue weighted by Gasteiger charge is -2.35. The SMILES string of the molecule is CCC1CCCCN1C(=O)Nc1ccc(C(C)N)cc1. The summed E-state index contributed by atoms with van der Waals surface area (Å²) < 4.78 is 0. The van der Waals surface area contributed by atoms with E-state index in [0.717, 1.165) is 37.1 Å². The lowest BCUT2D eigenvalue weighted by molar-refractivity contribution is 0.160. The zero-order valence-electron chi connectivity index (χ0n) is 12.4. The number of anilines is 1. The van der Waals surface area contributed by atoms with Crippen LogP contribution in [0.4, 0.5) is 10.5 Å². The van der Waals surface area contributed by atoms with E-state index >= 15 is 0 Å². The van der Waals surface area contributed by atoms with Crippen LogP contribution in [0.25, 0.3) is 0 Å². The van der Waals surface area contributed by atoms with Gasteiger partial charge in [0.2, 0.25) is 0 Å². The average molecular weight is 275 g/mol. The molecule has 4 nitrogen and oxygen atoms in total. The van der Waals surface area contributed by atoms with E-state index in [9.17, 15) is 4.79 Å².